The van der Waals surface area contributed by atoms with Gasteiger partial charge in [-0.25, -0.2) is 4.98 Å². The van der Waals surface area contributed by atoms with Crippen molar-refractivity contribution in [3.05, 3.63) is 81.8 Å². The standard InChI is InChI=1S/C23H21N3O2S3/c1-2-12-26-22(28)21-18(14-19(31-21)16-7-4-3-5-8-16)25-23(26)30-15-20(27)24-11-10-17-9-6-13-29-17/h2-9,13-14H,1,10-12,15H2,(H,24,27). The van der Waals surface area contributed by atoms with Crippen LogP contribution in [0.15, 0.2) is 76.5 Å². The highest BCUT2D eigenvalue weighted by molar-refractivity contribution is 7.99. The highest BCUT2D eigenvalue weighted by Crippen LogP contribution is 2.31. The van der Waals surface area contributed by atoms with E-state index in [0.29, 0.717) is 28.5 Å². The predicted octanol–water partition coefficient (Wildman–Crippen LogP) is 4.82. The molecule has 0 bridgehead atoms. The van der Waals surface area contributed by atoms with E-state index in [1.54, 1.807) is 22.0 Å². The number of benzene rings is 1. The molecule has 5 nitrogen and oxygen atoms in total. The van der Waals surface area contributed by atoms with E-state index in [0.717, 1.165) is 16.9 Å². The number of aromatic nitrogens is 2. The number of carbonyl (C=O) groups is 1. The first kappa shape index (κ1) is 21.5. The SMILES string of the molecule is C=CCn1c(SCC(=O)NCCc2cccs2)nc2cc(-c3ccccc3)sc2c1=O. The number of carbonyl (C=O) groups excluding carboxylic acids is 1. The molecule has 0 fully saturated rings. The summed E-state index contributed by atoms with van der Waals surface area (Å²) in [5.41, 5.74) is 1.62. The zero-order chi connectivity index (χ0) is 21.6. The van der Waals surface area contributed by atoms with E-state index in [9.17, 15) is 9.59 Å². The fraction of sp³-hybridized carbons (Fsp3) is 0.174. The van der Waals surface area contributed by atoms with Gasteiger partial charge in [-0.15, -0.1) is 29.3 Å². The lowest BCUT2D eigenvalue weighted by molar-refractivity contribution is -0.118. The van der Waals surface area contributed by atoms with Gasteiger partial charge in [0.05, 0.1) is 11.3 Å². The Morgan fingerprint density at radius 3 is 2.81 bits per heavy atom. The third-order valence-corrected chi connectivity index (χ3v) is 7.65. The summed E-state index contributed by atoms with van der Waals surface area (Å²) in [6, 6.07) is 16.0. The van der Waals surface area contributed by atoms with Gasteiger partial charge in [0.15, 0.2) is 5.16 Å². The Hall–Kier alpha value is -2.68. The molecule has 0 saturated carbocycles. The van der Waals surface area contributed by atoms with E-state index in [-0.39, 0.29) is 17.2 Å². The average Bonchev–Trinajstić information content (AvgIpc) is 3.45. The van der Waals surface area contributed by atoms with Crippen LogP contribution in [-0.2, 0) is 17.8 Å². The zero-order valence-electron chi connectivity index (χ0n) is 16.7. The van der Waals surface area contributed by atoms with Crippen LogP contribution in [0.5, 0.6) is 0 Å². The summed E-state index contributed by atoms with van der Waals surface area (Å²) < 4.78 is 2.20. The molecule has 1 aromatic carbocycles. The highest BCUT2D eigenvalue weighted by atomic mass is 32.2. The summed E-state index contributed by atoms with van der Waals surface area (Å²) in [5.74, 6) is 0.131. The van der Waals surface area contributed by atoms with Crippen LogP contribution in [-0.4, -0.2) is 27.8 Å². The Labute approximate surface area is 192 Å². The van der Waals surface area contributed by atoms with Gasteiger partial charge in [-0.3, -0.25) is 14.2 Å². The molecule has 0 aliphatic heterocycles. The van der Waals surface area contributed by atoms with Gasteiger partial charge in [0.1, 0.15) is 4.70 Å². The quantitative estimate of drug-likeness (QED) is 0.218. The smallest absolute Gasteiger partial charge is 0.272 e. The number of allylic oxidation sites excluding steroid dienone is 1. The molecule has 4 aromatic rings. The molecular formula is C23H21N3O2S3. The van der Waals surface area contributed by atoms with Gasteiger partial charge < -0.3 is 5.32 Å². The van der Waals surface area contributed by atoms with Crippen LogP contribution >= 0.6 is 34.4 Å². The van der Waals surface area contributed by atoms with E-state index in [1.807, 2.05) is 47.8 Å². The second kappa shape index (κ2) is 10.1. The third kappa shape index (κ3) is 5.15. The summed E-state index contributed by atoms with van der Waals surface area (Å²) >= 11 is 4.40. The number of hydrogen-bond acceptors (Lipinski definition) is 6. The summed E-state index contributed by atoms with van der Waals surface area (Å²) in [6.07, 6.45) is 2.49. The molecule has 31 heavy (non-hydrogen) atoms. The fourth-order valence-electron chi connectivity index (χ4n) is 3.10. The van der Waals surface area contributed by atoms with Crippen molar-refractivity contribution in [1.82, 2.24) is 14.9 Å². The van der Waals surface area contributed by atoms with Crippen LogP contribution < -0.4 is 10.9 Å². The molecule has 0 unspecified atom stereocenters. The number of nitrogens with zero attached hydrogens (tertiary/aromatic N) is 2. The van der Waals surface area contributed by atoms with E-state index >= 15 is 0 Å². The lowest BCUT2D eigenvalue weighted by Gasteiger charge is -2.10. The molecule has 1 N–H and O–H groups in total. The van der Waals surface area contributed by atoms with Crippen LogP contribution in [0.4, 0.5) is 0 Å². The van der Waals surface area contributed by atoms with Crippen molar-refractivity contribution in [2.24, 2.45) is 0 Å². The van der Waals surface area contributed by atoms with Gasteiger partial charge in [0, 0.05) is 22.8 Å². The van der Waals surface area contributed by atoms with Gasteiger partial charge in [0.2, 0.25) is 5.91 Å². The molecule has 3 aromatic heterocycles. The van der Waals surface area contributed by atoms with Crippen molar-refractivity contribution < 1.29 is 4.79 Å². The van der Waals surface area contributed by atoms with Crippen LogP contribution in [0.3, 0.4) is 0 Å². The van der Waals surface area contributed by atoms with Crippen molar-refractivity contribution in [2.75, 3.05) is 12.3 Å². The minimum atomic E-state index is -0.0994. The van der Waals surface area contributed by atoms with Crippen LogP contribution in [0.25, 0.3) is 20.7 Å². The Bertz CT molecular complexity index is 1240. The minimum absolute atomic E-state index is 0.0728. The van der Waals surface area contributed by atoms with E-state index in [4.69, 9.17) is 4.98 Å². The molecule has 1 amide bonds. The molecule has 0 spiro atoms. The number of rotatable bonds is 9. The molecule has 8 heteroatoms. The second-order valence-corrected chi connectivity index (χ2v) is 9.78. The number of amides is 1. The van der Waals surface area contributed by atoms with Crippen molar-refractivity contribution in [1.29, 1.82) is 0 Å². The van der Waals surface area contributed by atoms with E-state index in [1.165, 1.54) is 28.0 Å². The topological polar surface area (TPSA) is 64.0 Å². The second-order valence-electron chi connectivity index (χ2n) is 6.76. The third-order valence-electron chi connectivity index (χ3n) is 4.57. The Morgan fingerprint density at radius 1 is 1.23 bits per heavy atom. The molecule has 4 rings (SSSR count). The monoisotopic (exact) mass is 467 g/mol. The first-order valence-corrected chi connectivity index (χ1v) is 12.5. The summed E-state index contributed by atoms with van der Waals surface area (Å²) in [6.45, 7) is 4.70. The lowest BCUT2D eigenvalue weighted by atomic mass is 10.2. The molecule has 0 atom stereocenters. The number of hydrogen-bond donors (Lipinski definition) is 1. The maximum atomic E-state index is 13.1. The van der Waals surface area contributed by atoms with Gasteiger partial charge in [-0.1, -0.05) is 54.2 Å². The van der Waals surface area contributed by atoms with E-state index < -0.39 is 0 Å². The van der Waals surface area contributed by atoms with Crippen LogP contribution in [0, 0.1) is 0 Å². The number of nitrogens with one attached hydrogen (secondary N) is 1. The van der Waals surface area contributed by atoms with Gasteiger partial charge in [0.25, 0.3) is 5.56 Å². The van der Waals surface area contributed by atoms with Crippen molar-refractivity contribution in [3.8, 4) is 10.4 Å². The number of fused-ring (bicyclic) bond motifs is 1. The lowest BCUT2D eigenvalue weighted by Crippen LogP contribution is -2.28. The Balaban J connectivity index is 1.51. The van der Waals surface area contributed by atoms with Crippen LogP contribution in [0.1, 0.15) is 4.88 Å². The Morgan fingerprint density at radius 2 is 2.06 bits per heavy atom. The average molecular weight is 468 g/mol. The first-order valence-electron chi connectivity index (χ1n) is 9.78. The molecule has 3 heterocycles. The molecular weight excluding hydrogens is 446 g/mol. The number of thioether (sulfide) groups is 1. The molecule has 0 saturated heterocycles. The maximum Gasteiger partial charge on any atom is 0.272 e. The van der Waals surface area contributed by atoms with Gasteiger partial charge >= 0.3 is 0 Å². The zero-order valence-corrected chi connectivity index (χ0v) is 19.2. The molecule has 0 aliphatic rings. The molecule has 0 aliphatic carbocycles. The minimum Gasteiger partial charge on any atom is -0.355 e. The summed E-state index contributed by atoms with van der Waals surface area (Å²) in [5, 5.41) is 5.49. The first-order chi connectivity index (χ1) is 15.2. The van der Waals surface area contributed by atoms with Crippen molar-refractivity contribution >= 4 is 50.6 Å². The van der Waals surface area contributed by atoms with Gasteiger partial charge in [-0.2, -0.15) is 0 Å². The maximum absolute atomic E-state index is 13.1. The van der Waals surface area contributed by atoms with E-state index in [2.05, 4.69) is 18.0 Å². The largest absolute Gasteiger partial charge is 0.355 e. The molecule has 158 valence electrons. The Kier molecular flexibility index (Phi) is 7.01. The number of thiophene rings is 2. The predicted molar refractivity (Wildman–Crippen MR) is 131 cm³/mol. The normalized spacial score (nSPS) is 11.0. The van der Waals surface area contributed by atoms with Crippen molar-refractivity contribution in [2.45, 2.75) is 18.1 Å². The van der Waals surface area contributed by atoms with Crippen LogP contribution in [0.2, 0.25) is 0 Å². The fourth-order valence-corrected chi connectivity index (χ4v) is 5.70. The summed E-state index contributed by atoms with van der Waals surface area (Å²) in [4.78, 5) is 32.3. The highest BCUT2D eigenvalue weighted by Gasteiger charge is 2.16. The van der Waals surface area contributed by atoms with Gasteiger partial charge in [-0.05, 0) is 29.5 Å². The van der Waals surface area contributed by atoms with Crippen molar-refractivity contribution in [3.63, 3.8) is 0 Å². The molecule has 0 radical (unpaired) electrons. The summed E-state index contributed by atoms with van der Waals surface area (Å²) in [7, 11) is 0.